The molecule has 1 atom stereocenters. The van der Waals surface area contributed by atoms with E-state index in [1.807, 2.05) is 13.8 Å². The lowest BCUT2D eigenvalue weighted by atomic mass is 9.68. The minimum atomic E-state index is -0.552. The summed E-state index contributed by atoms with van der Waals surface area (Å²) in [5, 5.41) is 3.08. The van der Waals surface area contributed by atoms with Crippen molar-refractivity contribution in [2.75, 3.05) is 12.4 Å². The standard InChI is InChI=1S/C26H33NO4/c1-5-19(3)31-23-14-13-21(17-22(23)24(28)30-4)27-25(29)26(15-7-6-8-16-26)20-11-9-18(2)10-12-20/h9-14,17,19H,5-8,15-16H2,1-4H3,(H,27,29)/t19-/m0/s1. The molecule has 0 aliphatic heterocycles. The first kappa shape index (κ1) is 22.9. The molecule has 0 bridgehead atoms. The molecule has 1 fully saturated rings. The zero-order chi connectivity index (χ0) is 22.4. The van der Waals surface area contributed by atoms with Gasteiger partial charge in [-0.15, -0.1) is 0 Å². The van der Waals surface area contributed by atoms with Crippen LogP contribution in [-0.2, 0) is 14.9 Å². The molecule has 0 aromatic heterocycles. The molecule has 3 rings (SSSR count). The fourth-order valence-electron chi connectivity index (χ4n) is 4.21. The summed E-state index contributed by atoms with van der Waals surface area (Å²) in [6.07, 6.45) is 5.62. The topological polar surface area (TPSA) is 64.6 Å². The van der Waals surface area contributed by atoms with Crippen molar-refractivity contribution in [1.82, 2.24) is 0 Å². The van der Waals surface area contributed by atoms with E-state index in [0.29, 0.717) is 17.0 Å². The van der Waals surface area contributed by atoms with Gasteiger partial charge in [0.25, 0.3) is 0 Å². The van der Waals surface area contributed by atoms with Gasteiger partial charge in [0.1, 0.15) is 11.3 Å². The Hall–Kier alpha value is -2.82. The van der Waals surface area contributed by atoms with Crippen LogP contribution in [0, 0.1) is 6.92 Å². The molecule has 1 amide bonds. The first-order chi connectivity index (χ1) is 14.9. The van der Waals surface area contributed by atoms with Crippen molar-refractivity contribution in [3.05, 3.63) is 59.2 Å². The van der Waals surface area contributed by atoms with Gasteiger partial charge in [0, 0.05) is 5.69 Å². The number of benzene rings is 2. The predicted octanol–water partition coefficient (Wildman–Crippen LogP) is 5.80. The van der Waals surface area contributed by atoms with Gasteiger partial charge in [-0.05, 0) is 56.9 Å². The van der Waals surface area contributed by atoms with Crippen LogP contribution in [0.2, 0.25) is 0 Å². The third-order valence-electron chi connectivity index (χ3n) is 6.29. The molecule has 1 N–H and O–H groups in total. The van der Waals surface area contributed by atoms with Crippen molar-refractivity contribution in [2.24, 2.45) is 0 Å². The molecular formula is C26H33NO4. The van der Waals surface area contributed by atoms with E-state index in [1.165, 1.54) is 12.7 Å². The number of esters is 1. The van der Waals surface area contributed by atoms with Gasteiger partial charge in [-0.3, -0.25) is 4.79 Å². The van der Waals surface area contributed by atoms with Crippen molar-refractivity contribution in [3.8, 4) is 5.75 Å². The SMILES string of the molecule is CC[C@H](C)Oc1ccc(NC(=O)C2(c3ccc(C)cc3)CCCCC2)cc1C(=O)OC. The molecule has 0 heterocycles. The Morgan fingerprint density at radius 1 is 1.06 bits per heavy atom. The molecule has 0 spiro atoms. The summed E-state index contributed by atoms with van der Waals surface area (Å²) in [5.41, 5.74) is 2.56. The molecular weight excluding hydrogens is 390 g/mol. The van der Waals surface area contributed by atoms with Crippen LogP contribution in [-0.4, -0.2) is 25.1 Å². The number of carbonyl (C=O) groups is 2. The highest BCUT2D eigenvalue weighted by molar-refractivity contribution is 6.01. The second-order valence-corrected chi connectivity index (χ2v) is 8.50. The first-order valence-corrected chi connectivity index (χ1v) is 11.2. The Bertz CT molecular complexity index is 914. The average Bonchev–Trinajstić information content (AvgIpc) is 2.80. The summed E-state index contributed by atoms with van der Waals surface area (Å²) in [4.78, 5) is 25.9. The molecule has 2 aromatic carbocycles. The van der Waals surface area contributed by atoms with Crippen LogP contribution in [0.3, 0.4) is 0 Å². The largest absolute Gasteiger partial charge is 0.490 e. The molecule has 1 aliphatic rings. The number of amides is 1. The highest BCUT2D eigenvalue weighted by Gasteiger charge is 2.41. The van der Waals surface area contributed by atoms with Gasteiger partial charge >= 0.3 is 5.97 Å². The molecule has 2 aromatic rings. The number of nitrogens with one attached hydrogen (secondary N) is 1. The van der Waals surface area contributed by atoms with E-state index >= 15 is 0 Å². The Morgan fingerprint density at radius 3 is 2.35 bits per heavy atom. The number of methoxy groups -OCH3 is 1. The predicted molar refractivity (Wildman–Crippen MR) is 123 cm³/mol. The lowest BCUT2D eigenvalue weighted by molar-refractivity contribution is -0.122. The van der Waals surface area contributed by atoms with E-state index in [4.69, 9.17) is 9.47 Å². The normalized spacial score (nSPS) is 16.3. The molecule has 0 radical (unpaired) electrons. The fourth-order valence-corrected chi connectivity index (χ4v) is 4.21. The molecule has 166 valence electrons. The second kappa shape index (κ2) is 9.99. The highest BCUT2D eigenvalue weighted by atomic mass is 16.5. The molecule has 1 saturated carbocycles. The Kier molecular flexibility index (Phi) is 7.37. The summed E-state index contributed by atoms with van der Waals surface area (Å²) in [7, 11) is 1.34. The highest BCUT2D eigenvalue weighted by Crippen LogP contribution is 2.41. The van der Waals surface area contributed by atoms with Crippen LogP contribution < -0.4 is 10.1 Å². The van der Waals surface area contributed by atoms with Crippen LogP contribution in [0.1, 0.15) is 73.9 Å². The van der Waals surface area contributed by atoms with Crippen LogP contribution >= 0.6 is 0 Å². The lowest BCUT2D eigenvalue weighted by Crippen LogP contribution is -2.42. The monoisotopic (exact) mass is 423 g/mol. The van der Waals surface area contributed by atoms with Gasteiger partial charge in [-0.25, -0.2) is 4.79 Å². The minimum absolute atomic E-state index is 0.0255. The quantitative estimate of drug-likeness (QED) is 0.572. The summed E-state index contributed by atoms with van der Waals surface area (Å²) in [6, 6.07) is 13.4. The maximum absolute atomic E-state index is 13.6. The number of carbonyl (C=O) groups excluding carboxylic acids is 2. The van der Waals surface area contributed by atoms with Gasteiger partial charge in [0.15, 0.2) is 0 Å². The third kappa shape index (κ3) is 5.09. The summed E-state index contributed by atoms with van der Waals surface area (Å²) in [6.45, 7) is 6.02. The lowest BCUT2D eigenvalue weighted by Gasteiger charge is -2.36. The van der Waals surface area contributed by atoms with E-state index < -0.39 is 11.4 Å². The van der Waals surface area contributed by atoms with Crippen molar-refractivity contribution < 1.29 is 19.1 Å². The Labute approximate surface area is 185 Å². The Morgan fingerprint density at radius 2 is 1.74 bits per heavy atom. The third-order valence-corrected chi connectivity index (χ3v) is 6.29. The molecule has 0 unspecified atom stereocenters. The van der Waals surface area contributed by atoms with Crippen LogP contribution in [0.5, 0.6) is 5.75 Å². The maximum Gasteiger partial charge on any atom is 0.341 e. The molecule has 5 heteroatoms. The Balaban J connectivity index is 1.91. The van der Waals surface area contributed by atoms with Crippen LogP contribution in [0.25, 0.3) is 0 Å². The maximum atomic E-state index is 13.6. The number of hydrogen-bond donors (Lipinski definition) is 1. The van der Waals surface area contributed by atoms with Crippen molar-refractivity contribution in [3.63, 3.8) is 0 Å². The summed E-state index contributed by atoms with van der Waals surface area (Å²) >= 11 is 0. The van der Waals surface area contributed by atoms with E-state index in [-0.39, 0.29) is 12.0 Å². The van der Waals surface area contributed by atoms with Gasteiger partial charge in [-0.1, -0.05) is 56.0 Å². The molecule has 0 saturated heterocycles. The summed E-state index contributed by atoms with van der Waals surface area (Å²) < 4.78 is 10.8. The van der Waals surface area contributed by atoms with Crippen molar-refractivity contribution >= 4 is 17.6 Å². The zero-order valence-electron chi connectivity index (χ0n) is 19.0. The number of anilines is 1. The van der Waals surface area contributed by atoms with Gasteiger partial charge in [0.2, 0.25) is 5.91 Å². The number of aryl methyl sites for hydroxylation is 1. The van der Waals surface area contributed by atoms with Crippen molar-refractivity contribution in [2.45, 2.75) is 70.8 Å². The zero-order valence-corrected chi connectivity index (χ0v) is 19.0. The smallest absolute Gasteiger partial charge is 0.341 e. The van der Waals surface area contributed by atoms with Crippen LogP contribution in [0.15, 0.2) is 42.5 Å². The van der Waals surface area contributed by atoms with Crippen molar-refractivity contribution in [1.29, 1.82) is 0 Å². The molecule has 5 nitrogen and oxygen atoms in total. The van der Waals surface area contributed by atoms with E-state index in [1.54, 1.807) is 18.2 Å². The number of hydrogen-bond acceptors (Lipinski definition) is 4. The minimum Gasteiger partial charge on any atom is -0.490 e. The first-order valence-electron chi connectivity index (χ1n) is 11.2. The molecule has 31 heavy (non-hydrogen) atoms. The van der Waals surface area contributed by atoms with Gasteiger partial charge in [0.05, 0.1) is 18.6 Å². The van der Waals surface area contributed by atoms with Gasteiger partial charge < -0.3 is 14.8 Å². The van der Waals surface area contributed by atoms with Crippen LogP contribution in [0.4, 0.5) is 5.69 Å². The molecule has 1 aliphatic carbocycles. The van der Waals surface area contributed by atoms with E-state index in [0.717, 1.165) is 44.1 Å². The fraction of sp³-hybridized carbons (Fsp3) is 0.462. The van der Waals surface area contributed by atoms with E-state index in [2.05, 4.69) is 36.5 Å². The average molecular weight is 424 g/mol. The van der Waals surface area contributed by atoms with E-state index in [9.17, 15) is 9.59 Å². The van der Waals surface area contributed by atoms with Gasteiger partial charge in [-0.2, -0.15) is 0 Å². The second-order valence-electron chi connectivity index (χ2n) is 8.50. The summed E-state index contributed by atoms with van der Waals surface area (Å²) in [5.74, 6) is -0.0482. The number of ether oxygens (including phenoxy) is 2. The number of rotatable bonds is 7.